The van der Waals surface area contributed by atoms with Crippen LogP contribution in [-0.4, -0.2) is 47.0 Å². The summed E-state index contributed by atoms with van der Waals surface area (Å²) in [5.74, 6) is 0.744. The van der Waals surface area contributed by atoms with Crippen LogP contribution >= 0.6 is 0 Å². The molecule has 0 radical (unpaired) electrons. The van der Waals surface area contributed by atoms with E-state index < -0.39 is 0 Å². The van der Waals surface area contributed by atoms with E-state index in [9.17, 15) is 4.79 Å². The molecule has 0 unspecified atom stereocenters. The predicted octanol–water partition coefficient (Wildman–Crippen LogP) is 1.90. The van der Waals surface area contributed by atoms with Gasteiger partial charge in [-0.3, -0.25) is 4.79 Å². The second kappa shape index (κ2) is 5.96. The maximum atomic E-state index is 12.3. The number of aryl methyl sites for hydroxylation is 1. The molecule has 4 rings (SSSR count). The lowest BCUT2D eigenvalue weighted by Crippen LogP contribution is -2.45. The van der Waals surface area contributed by atoms with Crippen molar-refractivity contribution in [3.63, 3.8) is 0 Å². The molecule has 0 spiro atoms. The van der Waals surface area contributed by atoms with E-state index in [4.69, 9.17) is 0 Å². The van der Waals surface area contributed by atoms with Crippen LogP contribution < -0.4 is 10.2 Å². The quantitative estimate of drug-likeness (QED) is 0.856. The minimum absolute atomic E-state index is 0.0237. The standard InChI is InChI=1S/C18H19N5O/c1-13-3-4-14-15(17(24)21-16(14)11-13)12-22-7-9-23(10-8-22)18-19-5-2-6-20-18/h2-6,11-12H,7-10H2,1H3,(H,21,24)/b15-12+. The van der Waals surface area contributed by atoms with Gasteiger partial charge in [0.05, 0.1) is 5.57 Å². The summed E-state index contributed by atoms with van der Waals surface area (Å²) < 4.78 is 0. The highest BCUT2D eigenvalue weighted by Gasteiger charge is 2.26. The Labute approximate surface area is 140 Å². The molecular formula is C18H19N5O. The molecule has 6 nitrogen and oxygen atoms in total. The third-order valence-corrected chi connectivity index (χ3v) is 4.42. The Morgan fingerprint density at radius 3 is 2.62 bits per heavy atom. The van der Waals surface area contributed by atoms with E-state index in [1.807, 2.05) is 37.4 Å². The molecule has 0 atom stereocenters. The molecule has 1 amide bonds. The Hall–Kier alpha value is -2.89. The van der Waals surface area contributed by atoms with E-state index in [0.717, 1.165) is 54.5 Å². The third-order valence-electron chi connectivity index (χ3n) is 4.42. The summed E-state index contributed by atoms with van der Waals surface area (Å²) in [6.07, 6.45) is 5.51. The predicted molar refractivity (Wildman–Crippen MR) is 93.6 cm³/mol. The van der Waals surface area contributed by atoms with Gasteiger partial charge in [-0.2, -0.15) is 0 Å². The fourth-order valence-electron chi connectivity index (χ4n) is 3.12. The number of piperazine rings is 1. The van der Waals surface area contributed by atoms with Crippen LogP contribution in [0.4, 0.5) is 11.6 Å². The van der Waals surface area contributed by atoms with Crippen LogP contribution in [0.5, 0.6) is 0 Å². The van der Waals surface area contributed by atoms with Crippen molar-refractivity contribution in [1.82, 2.24) is 14.9 Å². The maximum Gasteiger partial charge on any atom is 0.257 e. The number of nitrogens with zero attached hydrogens (tertiary/aromatic N) is 4. The van der Waals surface area contributed by atoms with Crippen molar-refractivity contribution in [2.45, 2.75) is 6.92 Å². The smallest absolute Gasteiger partial charge is 0.257 e. The van der Waals surface area contributed by atoms with Gasteiger partial charge in [-0.15, -0.1) is 0 Å². The van der Waals surface area contributed by atoms with Crippen molar-refractivity contribution in [2.75, 3.05) is 36.4 Å². The fraction of sp³-hybridized carbons (Fsp3) is 0.278. The number of carbonyl (C=O) groups excluding carboxylic acids is 1. The van der Waals surface area contributed by atoms with Gasteiger partial charge in [0.25, 0.3) is 5.91 Å². The number of anilines is 2. The van der Waals surface area contributed by atoms with Gasteiger partial charge in [-0.25, -0.2) is 9.97 Å². The molecule has 0 saturated carbocycles. The molecule has 1 saturated heterocycles. The summed E-state index contributed by atoms with van der Waals surface area (Å²) in [5.41, 5.74) is 3.78. The van der Waals surface area contributed by atoms with Crippen molar-refractivity contribution in [3.8, 4) is 0 Å². The Kier molecular flexibility index (Phi) is 3.65. The second-order valence-electron chi connectivity index (χ2n) is 6.12. The van der Waals surface area contributed by atoms with Crippen LogP contribution in [0, 0.1) is 6.92 Å². The lowest BCUT2D eigenvalue weighted by molar-refractivity contribution is -0.110. The first-order chi connectivity index (χ1) is 11.7. The summed E-state index contributed by atoms with van der Waals surface area (Å²) in [6, 6.07) is 7.89. The molecule has 2 aromatic rings. The van der Waals surface area contributed by atoms with Crippen LogP contribution in [0.15, 0.2) is 42.9 Å². The van der Waals surface area contributed by atoms with Crippen LogP contribution in [0.1, 0.15) is 11.1 Å². The van der Waals surface area contributed by atoms with Crippen molar-refractivity contribution in [3.05, 3.63) is 54.0 Å². The van der Waals surface area contributed by atoms with Gasteiger partial charge in [0.1, 0.15) is 0 Å². The average Bonchev–Trinajstić information content (AvgIpc) is 2.91. The Bertz CT molecular complexity index is 794. The number of hydrogen-bond donors (Lipinski definition) is 1. The van der Waals surface area contributed by atoms with Crippen molar-refractivity contribution >= 4 is 23.1 Å². The number of carbonyl (C=O) groups is 1. The highest BCUT2D eigenvalue weighted by molar-refractivity contribution is 6.31. The highest BCUT2D eigenvalue weighted by atomic mass is 16.2. The summed E-state index contributed by atoms with van der Waals surface area (Å²) in [4.78, 5) is 25.2. The van der Waals surface area contributed by atoms with Gasteiger partial charge in [-0.1, -0.05) is 12.1 Å². The number of aromatic nitrogens is 2. The third kappa shape index (κ3) is 2.71. The number of amides is 1. The zero-order valence-corrected chi connectivity index (χ0v) is 13.6. The zero-order chi connectivity index (χ0) is 16.5. The van der Waals surface area contributed by atoms with Crippen molar-refractivity contribution in [1.29, 1.82) is 0 Å². The Morgan fingerprint density at radius 1 is 1.12 bits per heavy atom. The highest BCUT2D eigenvalue weighted by Crippen LogP contribution is 2.32. The molecule has 1 N–H and O–H groups in total. The van der Waals surface area contributed by atoms with Crippen molar-refractivity contribution < 1.29 is 4.79 Å². The van der Waals surface area contributed by atoms with E-state index in [-0.39, 0.29) is 5.91 Å². The molecule has 1 fully saturated rings. The van der Waals surface area contributed by atoms with Crippen molar-refractivity contribution in [2.24, 2.45) is 0 Å². The summed E-state index contributed by atoms with van der Waals surface area (Å²) in [7, 11) is 0. The summed E-state index contributed by atoms with van der Waals surface area (Å²) in [6.45, 7) is 5.40. The first-order valence-corrected chi connectivity index (χ1v) is 8.11. The molecule has 2 aliphatic rings. The van der Waals surface area contributed by atoms with E-state index in [1.54, 1.807) is 12.4 Å². The average molecular weight is 321 g/mol. The molecular weight excluding hydrogens is 302 g/mol. The minimum Gasteiger partial charge on any atom is -0.373 e. The number of fused-ring (bicyclic) bond motifs is 1. The molecule has 122 valence electrons. The molecule has 24 heavy (non-hydrogen) atoms. The van der Waals surface area contributed by atoms with E-state index in [2.05, 4.69) is 25.1 Å². The largest absolute Gasteiger partial charge is 0.373 e. The number of hydrogen-bond acceptors (Lipinski definition) is 5. The van der Waals surface area contributed by atoms with Crippen LogP contribution in [0.3, 0.4) is 0 Å². The van der Waals surface area contributed by atoms with Gasteiger partial charge in [0.15, 0.2) is 0 Å². The monoisotopic (exact) mass is 321 g/mol. The van der Waals surface area contributed by atoms with Crippen LogP contribution in [-0.2, 0) is 4.79 Å². The Morgan fingerprint density at radius 2 is 1.88 bits per heavy atom. The van der Waals surface area contributed by atoms with Gasteiger partial charge in [-0.05, 0) is 24.6 Å². The molecule has 3 heterocycles. The second-order valence-corrected chi connectivity index (χ2v) is 6.12. The normalized spacial score (nSPS) is 18.7. The molecule has 0 bridgehead atoms. The number of benzene rings is 1. The summed E-state index contributed by atoms with van der Waals surface area (Å²) >= 11 is 0. The molecule has 1 aromatic carbocycles. The van der Waals surface area contributed by atoms with E-state index >= 15 is 0 Å². The van der Waals surface area contributed by atoms with E-state index in [0.29, 0.717) is 0 Å². The molecule has 2 aliphatic heterocycles. The molecule has 0 aliphatic carbocycles. The Balaban J connectivity index is 1.49. The van der Waals surface area contributed by atoms with Gasteiger partial charge >= 0.3 is 0 Å². The number of rotatable bonds is 2. The van der Waals surface area contributed by atoms with Gasteiger partial charge in [0, 0.05) is 56.0 Å². The molecule has 1 aromatic heterocycles. The summed E-state index contributed by atoms with van der Waals surface area (Å²) in [5, 5.41) is 2.95. The number of nitrogens with one attached hydrogen (secondary N) is 1. The lowest BCUT2D eigenvalue weighted by atomic mass is 10.1. The minimum atomic E-state index is -0.0237. The van der Waals surface area contributed by atoms with Crippen LogP contribution in [0.2, 0.25) is 0 Å². The maximum absolute atomic E-state index is 12.3. The first kappa shape index (κ1) is 14.7. The first-order valence-electron chi connectivity index (χ1n) is 8.11. The van der Waals surface area contributed by atoms with Gasteiger partial charge < -0.3 is 15.1 Å². The lowest BCUT2D eigenvalue weighted by Gasteiger charge is -2.34. The zero-order valence-electron chi connectivity index (χ0n) is 13.6. The SMILES string of the molecule is Cc1ccc2c(c1)NC(=O)/C2=C/N1CCN(c2ncccn2)CC1. The fourth-order valence-corrected chi connectivity index (χ4v) is 3.12. The molecule has 6 heteroatoms. The topological polar surface area (TPSA) is 61.4 Å². The van der Waals surface area contributed by atoms with Gasteiger partial charge in [0.2, 0.25) is 5.95 Å². The van der Waals surface area contributed by atoms with E-state index in [1.165, 1.54) is 0 Å². The van der Waals surface area contributed by atoms with Crippen LogP contribution in [0.25, 0.3) is 5.57 Å².